The molecular weight excluding hydrogens is 275 g/mol. The molecule has 0 saturated carbocycles. The number of hydrogen-bond acceptors (Lipinski definition) is 2. The molecule has 0 saturated heterocycles. The molecule has 16 heavy (non-hydrogen) atoms. The Morgan fingerprint density at radius 1 is 1.44 bits per heavy atom. The minimum Gasteiger partial charge on any atom is -0.390 e. The third kappa shape index (κ3) is 4.20. The van der Waals surface area contributed by atoms with Crippen LogP contribution in [0, 0.1) is 5.82 Å². The van der Waals surface area contributed by atoms with Gasteiger partial charge in [-0.15, -0.1) is 0 Å². The molecule has 0 bridgehead atoms. The van der Waals surface area contributed by atoms with Crippen LogP contribution in [-0.4, -0.2) is 23.9 Å². The van der Waals surface area contributed by atoms with E-state index in [0.717, 1.165) is 5.56 Å². The van der Waals surface area contributed by atoms with Crippen molar-refractivity contribution in [3.05, 3.63) is 34.1 Å². The van der Waals surface area contributed by atoms with Gasteiger partial charge in [-0.05, 0) is 37.6 Å². The molecule has 0 aromatic heterocycles. The lowest BCUT2D eigenvalue weighted by Gasteiger charge is -2.18. The lowest BCUT2D eigenvalue weighted by molar-refractivity contribution is -0.0208. The fourth-order valence-corrected chi connectivity index (χ4v) is 2.02. The van der Waals surface area contributed by atoms with Gasteiger partial charge in [0.05, 0.1) is 12.2 Å². The Morgan fingerprint density at radius 3 is 2.69 bits per heavy atom. The van der Waals surface area contributed by atoms with Crippen LogP contribution >= 0.6 is 15.9 Å². The molecule has 0 radical (unpaired) electrons. The maximum Gasteiger partial charge on any atom is 0.124 e. The van der Waals surface area contributed by atoms with Crippen LogP contribution < -0.4 is 0 Å². The van der Waals surface area contributed by atoms with Crippen molar-refractivity contribution in [3.8, 4) is 0 Å². The Morgan fingerprint density at radius 2 is 2.12 bits per heavy atom. The summed E-state index contributed by atoms with van der Waals surface area (Å²) in [4.78, 5) is 0. The summed E-state index contributed by atoms with van der Waals surface area (Å²) in [5, 5.41) is 9.82. The fraction of sp³-hybridized carbons (Fsp3) is 0.500. The number of aliphatic hydroxyl groups excluding tert-OH is 1. The fourth-order valence-electron chi connectivity index (χ4n) is 1.51. The van der Waals surface area contributed by atoms with Crippen molar-refractivity contribution in [2.75, 3.05) is 6.61 Å². The van der Waals surface area contributed by atoms with E-state index in [9.17, 15) is 9.50 Å². The predicted molar refractivity (Wildman–Crippen MR) is 64.9 cm³/mol. The third-order valence-corrected chi connectivity index (χ3v) is 2.80. The summed E-state index contributed by atoms with van der Waals surface area (Å²) in [5.74, 6) is -0.305. The van der Waals surface area contributed by atoms with E-state index in [1.165, 1.54) is 12.1 Å². The largest absolute Gasteiger partial charge is 0.390 e. The quantitative estimate of drug-likeness (QED) is 0.904. The number of benzene rings is 1. The first kappa shape index (κ1) is 13.6. The number of hydrogen-bond donors (Lipinski definition) is 1. The van der Waals surface area contributed by atoms with Crippen LogP contribution in [-0.2, 0) is 11.2 Å². The lowest BCUT2D eigenvalue weighted by atomic mass is 10.0. The molecule has 0 spiro atoms. The number of rotatable bonds is 5. The molecule has 0 aliphatic carbocycles. The van der Waals surface area contributed by atoms with Crippen molar-refractivity contribution in [1.82, 2.24) is 0 Å². The van der Waals surface area contributed by atoms with Crippen LogP contribution in [0.15, 0.2) is 22.7 Å². The Balaban J connectivity index is 2.65. The van der Waals surface area contributed by atoms with Gasteiger partial charge in [0, 0.05) is 17.5 Å². The molecule has 0 aliphatic heterocycles. The molecule has 0 aliphatic rings. The summed E-state index contributed by atoms with van der Waals surface area (Å²) < 4.78 is 19.0. The molecule has 2 nitrogen and oxygen atoms in total. The van der Waals surface area contributed by atoms with Crippen LogP contribution in [0.25, 0.3) is 0 Å². The molecule has 1 aromatic carbocycles. The first-order chi connectivity index (χ1) is 7.52. The van der Waals surface area contributed by atoms with Crippen LogP contribution in [0.3, 0.4) is 0 Å². The predicted octanol–water partition coefficient (Wildman–Crippen LogP) is 2.92. The molecule has 0 amide bonds. The van der Waals surface area contributed by atoms with E-state index >= 15 is 0 Å². The van der Waals surface area contributed by atoms with Gasteiger partial charge in [-0.1, -0.05) is 15.9 Å². The highest BCUT2D eigenvalue weighted by molar-refractivity contribution is 9.10. The standard InChI is InChI=1S/C12H16BrFO2/c1-3-16-8(2)12(15)6-9-4-10(13)7-11(14)5-9/h4-5,7-8,12,15H,3,6H2,1-2H3. The zero-order chi connectivity index (χ0) is 12.1. The van der Waals surface area contributed by atoms with Gasteiger partial charge < -0.3 is 9.84 Å². The van der Waals surface area contributed by atoms with Gasteiger partial charge in [-0.25, -0.2) is 4.39 Å². The molecule has 1 N–H and O–H groups in total. The molecule has 0 fully saturated rings. The van der Waals surface area contributed by atoms with E-state index in [4.69, 9.17) is 4.74 Å². The highest BCUT2D eigenvalue weighted by Gasteiger charge is 2.15. The van der Waals surface area contributed by atoms with Crippen molar-refractivity contribution in [1.29, 1.82) is 0 Å². The van der Waals surface area contributed by atoms with Gasteiger partial charge >= 0.3 is 0 Å². The molecule has 2 atom stereocenters. The highest BCUT2D eigenvalue weighted by atomic mass is 79.9. The SMILES string of the molecule is CCOC(C)C(O)Cc1cc(F)cc(Br)c1. The van der Waals surface area contributed by atoms with Crippen molar-refractivity contribution >= 4 is 15.9 Å². The second-order valence-corrected chi connectivity index (χ2v) is 4.63. The molecule has 0 heterocycles. The molecule has 2 unspecified atom stereocenters. The summed E-state index contributed by atoms with van der Waals surface area (Å²) in [6.45, 7) is 4.25. The van der Waals surface area contributed by atoms with E-state index in [-0.39, 0.29) is 11.9 Å². The zero-order valence-electron chi connectivity index (χ0n) is 9.41. The number of aliphatic hydroxyl groups is 1. The molecule has 1 aromatic rings. The van der Waals surface area contributed by atoms with E-state index in [1.807, 2.05) is 13.8 Å². The summed E-state index contributed by atoms with van der Waals surface area (Å²) in [7, 11) is 0. The smallest absolute Gasteiger partial charge is 0.124 e. The van der Waals surface area contributed by atoms with E-state index < -0.39 is 6.10 Å². The summed E-state index contributed by atoms with van der Waals surface area (Å²) in [6.07, 6.45) is -0.474. The summed E-state index contributed by atoms with van der Waals surface area (Å²) >= 11 is 3.22. The third-order valence-electron chi connectivity index (χ3n) is 2.34. The van der Waals surface area contributed by atoms with Crippen LogP contribution in [0.1, 0.15) is 19.4 Å². The van der Waals surface area contributed by atoms with E-state index in [1.54, 1.807) is 6.07 Å². The van der Waals surface area contributed by atoms with Crippen molar-refractivity contribution in [2.45, 2.75) is 32.5 Å². The monoisotopic (exact) mass is 290 g/mol. The van der Waals surface area contributed by atoms with Crippen molar-refractivity contribution in [2.24, 2.45) is 0 Å². The normalized spacial score (nSPS) is 14.8. The second kappa shape index (κ2) is 6.33. The van der Waals surface area contributed by atoms with E-state index in [0.29, 0.717) is 17.5 Å². The Labute approximate surface area is 104 Å². The van der Waals surface area contributed by atoms with Crippen LogP contribution in [0.4, 0.5) is 4.39 Å². The highest BCUT2D eigenvalue weighted by Crippen LogP contribution is 2.17. The van der Waals surface area contributed by atoms with Crippen LogP contribution in [0.2, 0.25) is 0 Å². The van der Waals surface area contributed by atoms with Gasteiger partial charge in [-0.3, -0.25) is 0 Å². The minimum atomic E-state index is -0.617. The zero-order valence-corrected chi connectivity index (χ0v) is 11.0. The van der Waals surface area contributed by atoms with Crippen molar-refractivity contribution < 1.29 is 14.2 Å². The van der Waals surface area contributed by atoms with Gasteiger partial charge in [-0.2, -0.15) is 0 Å². The maximum atomic E-state index is 13.1. The van der Waals surface area contributed by atoms with Crippen molar-refractivity contribution in [3.63, 3.8) is 0 Å². The molecular formula is C12H16BrFO2. The van der Waals surface area contributed by atoms with Gasteiger partial charge in [0.1, 0.15) is 5.82 Å². The number of ether oxygens (including phenoxy) is 1. The molecule has 4 heteroatoms. The minimum absolute atomic E-state index is 0.243. The average Bonchev–Trinajstić information content (AvgIpc) is 2.16. The van der Waals surface area contributed by atoms with E-state index in [2.05, 4.69) is 15.9 Å². The van der Waals surface area contributed by atoms with Gasteiger partial charge in [0.25, 0.3) is 0 Å². The second-order valence-electron chi connectivity index (χ2n) is 3.71. The average molecular weight is 291 g/mol. The summed E-state index contributed by atoms with van der Waals surface area (Å²) in [6, 6.07) is 4.61. The first-order valence-corrected chi connectivity index (χ1v) is 6.07. The molecule has 1 rings (SSSR count). The number of halogens is 2. The van der Waals surface area contributed by atoms with Crippen LogP contribution in [0.5, 0.6) is 0 Å². The maximum absolute atomic E-state index is 13.1. The Hall–Kier alpha value is -0.450. The lowest BCUT2D eigenvalue weighted by Crippen LogP contribution is -2.28. The Bertz CT molecular complexity index is 324. The first-order valence-electron chi connectivity index (χ1n) is 5.27. The van der Waals surface area contributed by atoms with Gasteiger partial charge in [0.2, 0.25) is 0 Å². The topological polar surface area (TPSA) is 29.5 Å². The summed E-state index contributed by atoms with van der Waals surface area (Å²) in [5.41, 5.74) is 0.755. The van der Waals surface area contributed by atoms with Gasteiger partial charge in [0.15, 0.2) is 0 Å². The Kier molecular flexibility index (Phi) is 5.38. The molecule has 90 valence electrons.